The molecule has 31 heavy (non-hydrogen) atoms. The van der Waals surface area contributed by atoms with E-state index in [0.717, 1.165) is 24.1 Å². The van der Waals surface area contributed by atoms with Gasteiger partial charge in [0.1, 0.15) is 11.6 Å². The van der Waals surface area contributed by atoms with Crippen molar-refractivity contribution in [1.82, 2.24) is 15.1 Å². The minimum Gasteiger partial charge on any atom is -0.507 e. The van der Waals surface area contributed by atoms with Crippen molar-refractivity contribution in [3.05, 3.63) is 65.6 Å². The topological polar surface area (TPSA) is 96.2 Å². The van der Waals surface area contributed by atoms with Crippen molar-refractivity contribution in [2.75, 3.05) is 5.32 Å². The van der Waals surface area contributed by atoms with Gasteiger partial charge in [0.05, 0.1) is 11.4 Å². The maximum Gasteiger partial charge on any atom is 0.342 e. The molecule has 0 unspecified atom stereocenters. The Morgan fingerprint density at radius 3 is 2.58 bits per heavy atom. The first kappa shape index (κ1) is 20.6. The van der Waals surface area contributed by atoms with Gasteiger partial charge in [-0.15, -0.1) is 0 Å². The van der Waals surface area contributed by atoms with Crippen molar-refractivity contribution in [3.63, 3.8) is 0 Å². The zero-order chi connectivity index (χ0) is 22.0. The third kappa shape index (κ3) is 4.74. The van der Waals surface area contributed by atoms with Crippen molar-refractivity contribution >= 4 is 17.6 Å². The van der Waals surface area contributed by atoms with Gasteiger partial charge in [-0.25, -0.2) is 9.18 Å². The fourth-order valence-corrected chi connectivity index (χ4v) is 3.28. The summed E-state index contributed by atoms with van der Waals surface area (Å²) in [6.07, 6.45) is 2.27. The van der Waals surface area contributed by atoms with Crippen LogP contribution in [0.4, 0.5) is 14.9 Å². The first-order valence-electron chi connectivity index (χ1n) is 10.2. The van der Waals surface area contributed by atoms with Crippen LogP contribution in [-0.2, 0) is 11.3 Å². The number of benzene rings is 2. The molecule has 160 valence electrons. The van der Waals surface area contributed by atoms with Crippen molar-refractivity contribution in [3.8, 4) is 17.0 Å². The highest BCUT2D eigenvalue weighted by molar-refractivity contribution is 5.91. The Bertz CT molecular complexity index is 1120. The van der Waals surface area contributed by atoms with Crippen LogP contribution in [0.25, 0.3) is 11.3 Å². The third-order valence-electron chi connectivity index (χ3n) is 5.16. The van der Waals surface area contributed by atoms with Crippen LogP contribution in [0.1, 0.15) is 43.4 Å². The molecule has 1 aliphatic carbocycles. The lowest BCUT2D eigenvalue weighted by molar-refractivity contribution is -0.115. The maximum absolute atomic E-state index is 13.1. The lowest BCUT2D eigenvalue weighted by Crippen LogP contribution is -2.30. The zero-order valence-electron chi connectivity index (χ0n) is 17.1. The maximum atomic E-state index is 13.1. The fraction of sp³-hybridized carbons (Fsp3) is 0.261. The van der Waals surface area contributed by atoms with E-state index in [1.165, 1.54) is 22.9 Å². The van der Waals surface area contributed by atoms with Gasteiger partial charge in [0.25, 0.3) is 0 Å². The summed E-state index contributed by atoms with van der Waals surface area (Å²) in [5, 5.41) is 20.4. The Labute approximate surface area is 178 Å². The Hall–Kier alpha value is -3.68. The molecule has 2 aromatic carbocycles. The van der Waals surface area contributed by atoms with E-state index in [2.05, 4.69) is 15.7 Å². The Morgan fingerprint density at radius 1 is 1.16 bits per heavy atom. The van der Waals surface area contributed by atoms with E-state index in [1.54, 1.807) is 37.3 Å². The molecular weight excluding hydrogens is 399 g/mol. The van der Waals surface area contributed by atoms with Crippen LogP contribution in [0.5, 0.6) is 5.75 Å². The molecule has 3 N–H and O–H groups in total. The number of rotatable bonds is 6. The summed E-state index contributed by atoms with van der Waals surface area (Å²) < 4.78 is 14.4. The molecular formula is C23H23FN4O3. The smallest absolute Gasteiger partial charge is 0.342 e. The van der Waals surface area contributed by atoms with E-state index in [1.807, 2.05) is 0 Å². The molecule has 0 atom stereocenters. The van der Waals surface area contributed by atoms with Gasteiger partial charge in [0.15, 0.2) is 0 Å². The standard InChI is InChI=1S/C23H23FN4O3/c1-2-22(30)26-17-9-10-21(29)18(11-17)19-12-20(15-5-6-15)28(27-19)23(31)25-13-14-3-7-16(24)8-4-14/h3-4,7-12,15,29H,2,5-6,13H2,1H3,(H,25,31)(H,26,30). The van der Waals surface area contributed by atoms with E-state index >= 15 is 0 Å². The number of aromatic nitrogens is 2. The SMILES string of the molecule is CCC(=O)Nc1ccc(O)c(-c2cc(C3CC3)n(C(=O)NCc3ccc(F)cc3)n2)c1. The molecule has 0 radical (unpaired) electrons. The Kier molecular flexibility index (Phi) is 5.70. The summed E-state index contributed by atoms with van der Waals surface area (Å²) in [6, 6.07) is 12.1. The number of phenolic OH excluding ortho intramolecular Hbond substituents is 1. The van der Waals surface area contributed by atoms with Crippen LogP contribution in [0.3, 0.4) is 0 Å². The molecule has 1 aliphatic rings. The van der Waals surface area contributed by atoms with Gasteiger partial charge >= 0.3 is 6.03 Å². The number of carbonyl (C=O) groups excluding carboxylic acids is 2. The monoisotopic (exact) mass is 422 g/mol. The average Bonchev–Trinajstić information content (AvgIpc) is 3.52. The van der Waals surface area contributed by atoms with E-state index in [4.69, 9.17) is 0 Å². The number of hydrogen-bond donors (Lipinski definition) is 3. The largest absolute Gasteiger partial charge is 0.507 e. The zero-order valence-corrected chi connectivity index (χ0v) is 17.1. The van der Waals surface area contributed by atoms with Crippen LogP contribution in [0.15, 0.2) is 48.5 Å². The van der Waals surface area contributed by atoms with Crippen LogP contribution >= 0.6 is 0 Å². The molecule has 4 rings (SSSR count). The summed E-state index contributed by atoms with van der Waals surface area (Å²) in [4.78, 5) is 24.5. The predicted octanol–water partition coefficient (Wildman–Crippen LogP) is 4.38. The van der Waals surface area contributed by atoms with Crippen LogP contribution in [0.2, 0.25) is 0 Å². The minimum absolute atomic E-state index is 0.00761. The first-order valence-corrected chi connectivity index (χ1v) is 10.2. The second kappa shape index (κ2) is 8.59. The lowest BCUT2D eigenvalue weighted by atomic mass is 10.1. The second-order valence-corrected chi connectivity index (χ2v) is 7.56. The van der Waals surface area contributed by atoms with E-state index < -0.39 is 6.03 Å². The van der Waals surface area contributed by atoms with Gasteiger partial charge in [-0.2, -0.15) is 9.78 Å². The number of amides is 2. The normalized spacial score (nSPS) is 13.1. The van der Waals surface area contributed by atoms with Gasteiger partial charge in [-0.3, -0.25) is 4.79 Å². The van der Waals surface area contributed by atoms with E-state index in [9.17, 15) is 19.1 Å². The molecule has 1 saturated carbocycles. The highest BCUT2D eigenvalue weighted by Crippen LogP contribution is 2.42. The fourth-order valence-electron chi connectivity index (χ4n) is 3.28. The van der Waals surface area contributed by atoms with E-state index in [0.29, 0.717) is 23.4 Å². The lowest BCUT2D eigenvalue weighted by Gasteiger charge is -2.08. The summed E-state index contributed by atoms with van der Waals surface area (Å²) in [6.45, 7) is 1.99. The first-order chi connectivity index (χ1) is 14.9. The number of anilines is 1. The minimum atomic E-state index is -0.396. The molecule has 2 amide bonds. The number of nitrogens with one attached hydrogen (secondary N) is 2. The van der Waals surface area contributed by atoms with Crippen molar-refractivity contribution in [2.24, 2.45) is 0 Å². The van der Waals surface area contributed by atoms with Gasteiger partial charge in [0, 0.05) is 30.1 Å². The number of hydrogen-bond acceptors (Lipinski definition) is 4. The summed E-state index contributed by atoms with van der Waals surface area (Å²) in [5.74, 6) is -0.225. The second-order valence-electron chi connectivity index (χ2n) is 7.56. The molecule has 1 aromatic heterocycles. The quantitative estimate of drug-likeness (QED) is 0.514. The van der Waals surface area contributed by atoms with Gasteiger partial charge in [-0.1, -0.05) is 19.1 Å². The summed E-state index contributed by atoms with van der Waals surface area (Å²) in [7, 11) is 0. The molecule has 8 heteroatoms. The number of phenols is 1. The number of carbonyl (C=O) groups is 2. The van der Waals surface area contributed by atoms with Crippen molar-refractivity contribution in [2.45, 2.75) is 38.6 Å². The number of aromatic hydroxyl groups is 1. The molecule has 0 saturated heterocycles. The highest BCUT2D eigenvalue weighted by Gasteiger charge is 2.30. The van der Waals surface area contributed by atoms with Crippen LogP contribution in [0, 0.1) is 5.82 Å². The summed E-state index contributed by atoms with van der Waals surface area (Å²) in [5.41, 5.74) is 2.97. The number of nitrogens with zero attached hydrogens (tertiary/aromatic N) is 2. The highest BCUT2D eigenvalue weighted by atomic mass is 19.1. The third-order valence-corrected chi connectivity index (χ3v) is 5.16. The molecule has 3 aromatic rings. The molecule has 0 bridgehead atoms. The van der Waals surface area contributed by atoms with E-state index in [-0.39, 0.29) is 29.9 Å². The Morgan fingerprint density at radius 2 is 1.90 bits per heavy atom. The van der Waals surface area contributed by atoms with Gasteiger partial charge in [0.2, 0.25) is 5.91 Å². The summed E-state index contributed by atoms with van der Waals surface area (Å²) >= 11 is 0. The Balaban J connectivity index is 1.59. The average molecular weight is 422 g/mol. The molecule has 1 fully saturated rings. The van der Waals surface area contributed by atoms with Crippen LogP contribution in [-0.4, -0.2) is 26.8 Å². The number of halogens is 1. The van der Waals surface area contributed by atoms with Crippen molar-refractivity contribution < 1.29 is 19.1 Å². The van der Waals surface area contributed by atoms with Gasteiger partial charge < -0.3 is 15.7 Å². The predicted molar refractivity (Wildman–Crippen MR) is 114 cm³/mol. The molecule has 7 nitrogen and oxygen atoms in total. The van der Waals surface area contributed by atoms with Crippen LogP contribution < -0.4 is 10.6 Å². The molecule has 0 spiro atoms. The molecule has 0 aliphatic heterocycles. The van der Waals surface area contributed by atoms with Crippen molar-refractivity contribution in [1.29, 1.82) is 0 Å². The molecule has 1 heterocycles. The van der Waals surface area contributed by atoms with Gasteiger partial charge in [-0.05, 0) is 54.8 Å².